The number of amides is 1. The van der Waals surface area contributed by atoms with Crippen LogP contribution >= 0.6 is 0 Å². The third-order valence-electron chi connectivity index (χ3n) is 5.87. The van der Waals surface area contributed by atoms with Gasteiger partial charge in [-0.05, 0) is 57.0 Å². The molecule has 1 amide bonds. The molecule has 3 rings (SSSR count). The summed E-state index contributed by atoms with van der Waals surface area (Å²) < 4.78 is 26.4. The zero-order chi connectivity index (χ0) is 14.9. The Hall–Kier alpha value is -0.710. The summed E-state index contributed by atoms with van der Waals surface area (Å²) in [4.78, 5) is 14.4. The fourth-order valence-electron chi connectivity index (χ4n) is 4.20. The monoisotopic (exact) mass is 300 g/mol. The number of piperidine rings is 2. The average molecular weight is 300 g/mol. The average Bonchev–Trinajstić information content (AvgIpc) is 2.48. The topological polar surface area (TPSA) is 32.3 Å². The Kier molecular flexibility index (Phi) is 4.21. The van der Waals surface area contributed by atoms with Gasteiger partial charge >= 0.3 is 0 Å². The molecule has 1 aliphatic carbocycles. The molecule has 0 atom stereocenters. The van der Waals surface area contributed by atoms with Crippen LogP contribution in [0.1, 0.15) is 51.4 Å². The third kappa shape index (κ3) is 3.38. The van der Waals surface area contributed by atoms with Gasteiger partial charge in [0.05, 0.1) is 0 Å². The first kappa shape index (κ1) is 15.2. The zero-order valence-corrected chi connectivity index (χ0v) is 12.7. The summed E-state index contributed by atoms with van der Waals surface area (Å²) in [5.41, 5.74) is 0.432. The molecule has 120 valence electrons. The number of rotatable bonds is 1. The highest BCUT2D eigenvalue weighted by atomic mass is 19.3. The van der Waals surface area contributed by atoms with Gasteiger partial charge in [0, 0.05) is 31.8 Å². The molecule has 1 spiro atoms. The minimum Gasteiger partial charge on any atom is -0.342 e. The Labute approximate surface area is 125 Å². The van der Waals surface area contributed by atoms with E-state index in [9.17, 15) is 13.6 Å². The Bertz CT molecular complexity index is 374. The highest BCUT2D eigenvalue weighted by Crippen LogP contribution is 2.41. The summed E-state index contributed by atoms with van der Waals surface area (Å²) in [6, 6.07) is 0. The van der Waals surface area contributed by atoms with Crippen molar-refractivity contribution >= 4 is 5.91 Å². The molecule has 0 aromatic heterocycles. The molecule has 2 aliphatic heterocycles. The molecule has 3 nitrogen and oxygen atoms in total. The van der Waals surface area contributed by atoms with Gasteiger partial charge in [-0.2, -0.15) is 0 Å². The van der Waals surface area contributed by atoms with Crippen molar-refractivity contribution in [2.75, 3.05) is 26.2 Å². The second-order valence-corrected chi connectivity index (χ2v) is 7.21. The van der Waals surface area contributed by atoms with Gasteiger partial charge < -0.3 is 10.2 Å². The molecule has 3 fully saturated rings. The number of nitrogens with zero attached hydrogens (tertiary/aromatic N) is 1. The lowest BCUT2D eigenvalue weighted by molar-refractivity contribution is -0.142. The SMILES string of the molecule is O=C(C1CCC(F)(F)CC1)N1CCC2(CCNCC2)CC1. The van der Waals surface area contributed by atoms with Crippen molar-refractivity contribution in [3.8, 4) is 0 Å². The molecule has 1 saturated carbocycles. The Morgan fingerprint density at radius 2 is 1.52 bits per heavy atom. The van der Waals surface area contributed by atoms with Crippen LogP contribution < -0.4 is 5.32 Å². The van der Waals surface area contributed by atoms with E-state index in [0.717, 1.165) is 39.0 Å². The second kappa shape index (κ2) is 5.82. The molecular formula is C16H26F2N2O. The molecule has 21 heavy (non-hydrogen) atoms. The van der Waals surface area contributed by atoms with E-state index in [4.69, 9.17) is 0 Å². The maximum atomic E-state index is 13.2. The normalized spacial score (nSPS) is 29.5. The van der Waals surface area contributed by atoms with Gasteiger partial charge in [-0.25, -0.2) is 8.78 Å². The smallest absolute Gasteiger partial charge is 0.248 e. The van der Waals surface area contributed by atoms with E-state index in [1.807, 2.05) is 4.90 Å². The predicted molar refractivity (Wildman–Crippen MR) is 77.3 cm³/mol. The van der Waals surface area contributed by atoms with Crippen molar-refractivity contribution in [1.29, 1.82) is 0 Å². The summed E-state index contributed by atoms with van der Waals surface area (Å²) in [7, 11) is 0. The lowest BCUT2D eigenvalue weighted by Crippen LogP contribution is -2.49. The summed E-state index contributed by atoms with van der Waals surface area (Å²) in [6.07, 6.45) is 5.08. The van der Waals surface area contributed by atoms with Crippen molar-refractivity contribution in [2.45, 2.75) is 57.3 Å². The maximum absolute atomic E-state index is 13.2. The lowest BCUT2D eigenvalue weighted by atomic mass is 9.71. The molecule has 2 saturated heterocycles. The molecule has 0 bridgehead atoms. The molecule has 2 heterocycles. The van der Waals surface area contributed by atoms with Crippen molar-refractivity contribution in [3.05, 3.63) is 0 Å². The Morgan fingerprint density at radius 1 is 0.952 bits per heavy atom. The van der Waals surface area contributed by atoms with Gasteiger partial charge in [0.15, 0.2) is 0 Å². The maximum Gasteiger partial charge on any atom is 0.248 e. The van der Waals surface area contributed by atoms with Crippen molar-refractivity contribution < 1.29 is 13.6 Å². The van der Waals surface area contributed by atoms with Crippen LogP contribution in [-0.4, -0.2) is 42.9 Å². The minimum atomic E-state index is -2.54. The molecule has 0 aromatic rings. The molecule has 5 heteroatoms. The fraction of sp³-hybridized carbons (Fsp3) is 0.938. The van der Waals surface area contributed by atoms with Gasteiger partial charge in [0.1, 0.15) is 0 Å². The largest absolute Gasteiger partial charge is 0.342 e. The highest BCUT2D eigenvalue weighted by molar-refractivity contribution is 5.79. The molecule has 0 unspecified atom stereocenters. The van der Waals surface area contributed by atoms with E-state index in [0.29, 0.717) is 18.3 Å². The second-order valence-electron chi connectivity index (χ2n) is 7.21. The van der Waals surface area contributed by atoms with Crippen LogP contribution in [0.2, 0.25) is 0 Å². The first-order valence-electron chi connectivity index (χ1n) is 8.37. The van der Waals surface area contributed by atoms with Crippen LogP contribution in [0.25, 0.3) is 0 Å². The number of hydrogen-bond acceptors (Lipinski definition) is 2. The van der Waals surface area contributed by atoms with Crippen LogP contribution in [-0.2, 0) is 4.79 Å². The van der Waals surface area contributed by atoms with E-state index in [1.54, 1.807) is 0 Å². The van der Waals surface area contributed by atoms with Gasteiger partial charge in [0.2, 0.25) is 11.8 Å². The van der Waals surface area contributed by atoms with Crippen LogP contribution in [0.4, 0.5) is 8.78 Å². The molecule has 1 N–H and O–H groups in total. The van der Waals surface area contributed by atoms with E-state index >= 15 is 0 Å². The number of hydrogen-bond donors (Lipinski definition) is 1. The molecular weight excluding hydrogens is 274 g/mol. The first-order chi connectivity index (χ1) is 10.00. The summed E-state index contributed by atoms with van der Waals surface area (Å²) in [5.74, 6) is -2.57. The number of alkyl halides is 2. The quantitative estimate of drug-likeness (QED) is 0.807. The minimum absolute atomic E-state index is 0.118. The van der Waals surface area contributed by atoms with Crippen LogP contribution in [0.15, 0.2) is 0 Å². The number of carbonyl (C=O) groups excluding carboxylic acids is 1. The van der Waals surface area contributed by atoms with Crippen LogP contribution in [0.5, 0.6) is 0 Å². The standard InChI is InChI=1S/C16H26F2N2O/c17-16(18)3-1-13(2-4-16)14(21)20-11-7-15(8-12-20)5-9-19-10-6-15/h13,19H,1-12H2. The van der Waals surface area contributed by atoms with Crippen molar-refractivity contribution in [1.82, 2.24) is 10.2 Å². The van der Waals surface area contributed by atoms with Crippen LogP contribution in [0.3, 0.4) is 0 Å². The first-order valence-corrected chi connectivity index (χ1v) is 8.37. The summed E-state index contributed by atoms with van der Waals surface area (Å²) in [6.45, 7) is 3.83. The van der Waals surface area contributed by atoms with Gasteiger partial charge in [-0.15, -0.1) is 0 Å². The van der Waals surface area contributed by atoms with Gasteiger partial charge in [-0.1, -0.05) is 0 Å². The lowest BCUT2D eigenvalue weighted by Gasteiger charge is -2.45. The van der Waals surface area contributed by atoms with Crippen LogP contribution in [0, 0.1) is 11.3 Å². The van der Waals surface area contributed by atoms with E-state index in [-0.39, 0.29) is 24.7 Å². The van der Waals surface area contributed by atoms with Crippen molar-refractivity contribution in [3.63, 3.8) is 0 Å². The number of halogens is 2. The van der Waals surface area contributed by atoms with E-state index < -0.39 is 5.92 Å². The molecule has 0 radical (unpaired) electrons. The molecule has 3 aliphatic rings. The number of likely N-dealkylation sites (tertiary alicyclic amines) is 1. The molecule has 0 aromatic carbocycles. The number of carbonyl (C=O) groups is 1. The van der Waals surface area contributed by atoms with Gasteiger partial charge in [-0.3, -0.25) is 4.79 Å². The number of nitrogens with one attached hydrogen (secondary N) is 1. The summed E-state index contributed by atoms with van der Waals surface area (Å²) in [5, 5.41) is 3.40. The fourth-order valence-corrected chi connectivity index (χ4v) is 4.20. The predicted octanol–water partition coefficient (Wildman–Crippen LogP) is 2.80. The zero-order valence-electron chi connectivity index (χ0n) is 12.7. The summed E-state index contributed by atoms with van der Waals surface area (Å²) >= 11 is 0. The van der Waals surface area contributed by atoms with E-state index in [1.165, 1.54) is 12.8 Å². The Balaban J connectivity index is 1.51. The van der Waals surface area contributed by atoms with Gasteiger partial charge in [0.25, 0.3) is 0 Å². The highest BCUT2D eigenvalue weighted by Gasteiger charge is 2.41. The van der Waals surface area contributed by atoms with Crippen molar-refractivity contribution in [2.24, 2.45) is 11.3 Å². The Morgan fingerprint density at radius 3 is 2.10 bits per heavy atom. The van der Waals surface area contributed by atoms with E-state index in [2.05, 4.69) is 5.32 Å². The third-order valence-corrected chi connectivity index (χ3v) is 5.87.